The standard InChI is InChI=1S/C26H26O4/c1-15(27)25(29)21-13-11-17-7-3-5-9-19(17)23(21)24-20-10-6-4-8-18(20)12-14-22(24)26(30)16(2)28/h3-16,25-30H,1-2H3. The van der Waals surface area contributed by atoms with Gasteiger partial charge in [-0.1, -0.05) is 72.8 Å². The predicted molar refractivity (Wildman–Crippen MR) is 120 cm³/mol. The van der Waals surface area contributed by atoms with Crippen LogP contribution in [0.5, 0.6) is 0 Å². The van der Waals surface area contributed by atoms with E-state index in [-0.39, 0.29) is 0 Å². The average molecular weight is 402 g/mol. The van der Waals surface area contributed by atoms with Gasteiger partial charge in [-0.05, 0) is 57.6 Å². The van der Waals surface area contributed by atoms with Crippen LogP contribution in [0.1, 0.15) is 37.2 Å². The van der Waals surface area contributed by atoms with Crippen LogP contribution in [0.2, 0.25) is 0 Å². The summed E-state index contributed by atoms with van der Waals surface area (Å²) in [6, 6.07) is 23.2. The molecule has 4 heteroatoms. The molecule has 0 saturated carbocycles. The molecule has 4 nitrogen and oxygen atoms in total. The van der Waals surface area contributed by atoms with Gasteiger partial charge >= 0.3 is 0 Å². The molecule has 0 saturated heterocycles. The van der Waals surface area contributed by atoms with Crippen molar-refractivity contribution in [3.63, 3.8) is 0 Å². The summed E-state index contributed by atoms with van der Waals surface area (Å²) in [6.45, 7) is 3.11. The topological polar surface area (TPSA) is 80.9 Å². The van der Waals surface area contributed by atoms with E-state index in [9.17, 15) is 20.4 Å². The highest BCUT2D eigenvalue weighted by molar-refractivity contribution is 6.08. The van der Waals surface area contributed by atoms with Crippen molar-refractivity contribution in [3.8, 4) is 11.1 Å². The fraction of sp³-hybridized carbons (Fsp3) is 0.231. The van der Waals surface area contributed by atoms with Gasteiger partial charge in [0.25, 0.3) is 0 Å². The molecule has 4 unspecified atom stereocenters. The largest absolute Gasteiger partial charge is 0.390 e. The van der Waals surface area contributed by atoms with E-state index in [0.29, 0.717) is 11.1 Å². The van der Waals surface area contributed by atoms with Gasteiger partial charge in [0.05, 0.1) is 12.2 Å². The molecule has 4 aromatic carbocycles. The Balaban J connectivity index is 2.19. The lowest BCUT2D eigenvalue weighted by molar-refractivity contribution is 0.0299. The molecule has 0 aliphatic rings. The molecule has 0 spiro atoms. The van der Waals surface area contributed by atoms with Crippen molar-refractivity contribution in [1.82, 2.24) is 0 Å². The molecule has 4 aromatic rings. The van der Waals surface area contributed by atoms with Crippen molar-refractivity contribution in [2.45, 2.75) is 38.3 Å². The van der Waals surface area contributed by atoms with Crippen LogP contribution in [0.3, 0.4) is 0 Å². The highest BCUT2D eigenvalue weighted by Crippen LogP contribution is 2.43. The molecule has 30 heavy (non-hydrogen) atoms. The van der Waals surface area contributed by atoms with Crippen LogP contribution in [0.25, 0.3) is 32.7 Å². The SMILES string of the molecule is CC(O)C(O)c1ccc2ccccc2c1-c1c(C(O)C(C)O)ccc2ccccc12. The van der Waals surface area contributed by atoms with Gasteiger partial charge in [0.15, 0.2) is 0 Å². The fourth-order valence-electron chi connectivity index (χ4n) is 4.15. The molecule has 4 N–H and O–H groups in total. The quantitative estimate of drug-likeness (QED) is 0.397. The predicted octanol–water partition coefficient (Wildman–Crippen LogP) is 4.49. The first-order chi connectivity index (χ1) is 14.4. The number of aliphatic hydroxyl groups excluding tert-OH is 4. The highest BCUT2D eigenvalue weighted by Gasteiger charge is 2.26. The van der Waals surface area contributed by atoms with Crippen molar-refractivity contribution in [2.75, 3.05) is 0 Å². The summed E-state index contributed by atoms with van der Waals surface area (Å²) in [5.74, 6) is 0. The molecular formula is C26H26O4. The van der Waals surface area contributed by atoms with Crippen LogP contribution in [0.15, 0.2) is 72.8 Å². The number of fused-ring (bicyclic) bond motifs is 2. The van der Waals surface area contributed by atoms with Crippen LogP contribution in [-0.2, 0) is 0 Å². The normalized spacial score (nSPS) is 15.8. The van der Waals surface area contributed by atoms with Gasteiger partial charge in [-0.15, -0.1) is 0 Å². The fourth-order valence-corrected chi connectivity index (χ4v) is 4.15. The molecule has 4 rings (SSSR count). The molecule has 0 heterocycles. The molecule has 4 atom stereocenters. The highest BCUT2D eigenvalue weighted by atomic mass is 16.3. The van der Waals surface area contributed by atoms with Crippen LogP contribution in [0.4, 0.5) is 0 Å². The molecule has 0 aliphatic heterocycles. The minimum Gasteiger partial charge on any atom is -0.390 e. The van der Waals surface area contributed by atoms with E-state index in [4.69, 9.17) is 0 Å². The van der Waals surface area contributed by atoms with E-state index in [1.807, 2.05) is 72.8 Å². The molecule has 0 aromatic heterocycles. The molecular weight excluding hydrogens is 376 g/mol. The summed E-state index contributed by atoms with van der Waals surface area (Å²) in [7, 11) is 0. The van der Waals surface area contributed by atoms with Gasteiger partial charge in [0, 0.05) is 0 Å². The number of aliphatic hydroxyl groups is 4. The van der Waals surface area contributed by atoms with Crippen molar-refractivity contribution in [2.24, 2.45) is 0 Å². The minimum absolute atomic E-state index is 0.582. The van der Waals surface area contributed by atoms with E-state index in [1.54, 1.807) is 13.8 Å². The van der Waals surface area contributed by atoms with Crippen LogP contribution < -0.4 is 0 Å². The first-order valence-corrected chi connectivity index (χ1v) is 10.2. The number of hydrogen-bond acceptors (Lipinski definition) is 4. The summed E-state index contributed by atoms with van der Waals surface area (Å²) in [5, 5.41) is 45.8. The van der Waals surface area contributed by atoms with Crippen molar-refractivity contribution >= 4 is 21.5 Å². The summed E-state index contributed by atoms with van der Waals surface area (Å²) in [6.07, 6.45) is -4.13. The summed E-state index contributed by atoms with van der Waals surface area (Å²) >= 11 is 0. The lowest BCUT2D eigenvalue weighted by atomic mass is 9.83. The smallest absolute Gasteiger partial charge is 0.105 e. The molecule has 154 valence electrons. The van der Waals surface area contributed by atoms with E-state index >= 15 is 0 Å². The third kappa shape index (κ3) is 3.48. The van der Waals surface area contributed by atoms with Crippen LogP contribution in [0, 0.1) is 0 Å². The van der Waals surface area contributed by atoms with Gasteiger partial charge in [-0.3, -0.25) is 0 Å². The summed E-state index contributed by atoms with van der Waals surface area (Å²) in [4.78, 5) is 0. The zero-order valence-electron chi connectivity index (χ0n) is 17.0. The molecule has 0 radical (unpaired) electrons. The monoisotopic (exact) mass is 402 g/mol. The second kappa shape index (κ2) is 8.17. The van der Waals surface area contributed by atoms with Crippen molar-refractivity contribution in [3.05, 3.63) is 83.9 Å². The number of rotatable bonds is 5. The lowest BCUT2D eigenvalue weighted by Crippen LogP contribution is -2.17. The molecule has 0 aliphatic carbocycles. The van der Waals surface area contributed by atoms with E-state index < -0.39 is 24.4 Å². The Morgan fingerprint density at radius 3 is 1.23 bits per heavy atom. The van der Waals surface area contributed by atoms with Gasteiger partial charge in [-0.2, -0.15) is 0 Å². The molecule has 0 bridgehead atoms. The van der Waals surface area contributed by atoms with E-state index in [2.05, 4.69) is 0 Å². The third-order valence-corrected chi connectivity index (χ3v) is 5.72. The number of hydrogen-bond donors (Lipinski definition) is 4. The van der Waals surface area contributed by atoms with Crippen LogP contribution >= 0.6 is 0 Å². The van der Waals surface area contributed by atoms with Gasteiger partial charge < -0.3 is 20.4 Å². The Hall–Kier alpha value is -2.76. The van der Waals surface area contributed by atoms with Gasteiger partial charge in [0.1, 0.15) is 12.2 Å². The van der Waals surface area contributed by atoms with Crippen LogP contribution in [-0.4, -0.2) is 32.6 Å². The Labute approximate surface area is 175 Å². The second-order valence-corrected chi connectivity index (χ2v) is 7.87. The Morgan fingerprint density at radius 2 is 0.867 bits per heavy atom. The average Bonchev–Trinajstić information content (AvgIpc) is 2.76. The maximum Gasteiger partial charge on any atom is 0.105 e. The zero-order valence-corrected chi connectivity index (χ0v) is 17.0. The zero-order chi connectivity index (χ0) is 21.4. The first kappa shape index (κ1) is 20.5. The van der Waals surface area contributed by atoms with Crippen molar-refractivity contribution in [1.29, 1.82) is 0 Å². The molecule has 0 amide bonds. The van der Waals surface area contributed by atoms with E-state index in [1.165, 1.54) is 0 Å². The Bertz CT molecular complexity index is 1100. The maximum absolute atomic E-state index is 10.8. The lowest BCUT2D eigenvalue weighted by Gasteiger charge is -2.25. The first-order valence-electron chi connectivity index (χ1n) is 10.2. The second-order valence-electron chi connectivity index (χ2n) is 7.87. The molecule has 0 fully saturated rings. The number of benzene rings is 4. The Kier molecular flexibility index (Phi) is 5.58. The minimum atomic E-state index is -1.10. The van der Waals surface area contributed by atoms with Crippen molar-refractivity contribution < 1.29 is 20.4 Å². The third-order valence-electron chi connectivity index (χ3n) is 5.72. The summed E-state index contributed by atoms with van der Waals surface area (Å²) in [5.41, 5.74) is 2.68. The van der Waals surface area contributed by atoms with Gasteiger partial charge in [-0.25, -0.2) is 0 Å². The Morgan fingerprint density at radius 1 is 0.500 bits per heavy atom. The van der Waals surface area contributed by atoms with Gasteiger partial charge in [0.2, 0.25) is 0 Å². The van der Waals surface area contributed by atoms with E-state index in [0.717, 1.165) is 32.7 Å². The maximum atomic E-state index is 10.8. The summed E-state index contributed by atoms with van der Waals surface area (Å²) < 4.78 is 0.